The van der Waals surface area contributed by atoms with Crippen molar-refractivity contribution >= 4 is 0 Å². The fraction of sp³-hybridized carbons (Fsp3) is 0.571. The average molecular weight is 234 g/mol. The second-order valence-corrected chi connectivity index (χ2v) is 4.61. The minimum Gasteiger partial charge on any atom is -0.371 e. The van der Waals surface area contributed by atoms with Crippen molar-refractivity contribution in [1.29, 1.82) is 0 Å². The Morgan fingerprint density at radius 1 is 0.706 bits per heavy atom. The van der Waals surface area contributed by atoms with Gasteiger partial charge in [0.2, 0.25) is 0 Å². The molecule has 0 saturated heterocycles. The SMILES string of the molecule is C1=CC[C@@H](C2C=C[C@H]([C@@H]3CC=CCO3)O2)OC1. The highest BCUT2D eigenvalue weighted by atomic mass is 16.6. The van der Waals surface area contributed by atoms with E-state index in [0.717, 1.165) is 12.8 Å². The van der Waals surface area contributed by atoms with E-state index in [0.29, 0.717) is 13.2 Å². The highest BCUT2D eigenvalue weighted by Gasteiger charge is 2.32. The Morgan fingerprint density at radius 2 is 1.24 bits per heavy atom. The van der Waals surface area contributed by atoms with Crippen LogP contribution in [0.15, 0.2) is 36.5 Å². The van der Waals surface area contributed by atoms with E-state index in [4.69, 9.17) is 14.2 Å². The van der Waals surface area contributed by atoms with Gasteiger partial charge >= 0.3 is 0 Å². The summed E-state index contributed by atoms with van der Waals surface area (Å²) < 4.78 is 17.4. The van der Waals surface area contributed by atoms with Gasteiger partial charge in [-0.2, -0.15) is 0 Å². The van der Waals surface area contributed by atoms with Gasteiger partial charge in [-0.15, -0.1) is 0 Å². The summed E-state index contributed by atoms with van der Waals surface area (Å²) in [6, 6.07) is 0. The summed E-state index contributed by atoms with van der Waals surface area (Å²) in [6.07, 6.45) is 15.1. The van der Waals surface area contributed by atoms with Crippen LogP contribution >= 0.6 is 0 Å². The van der Waals surface area contributed by atoms with Crippen LogP contribution in [0, 0.1) is 0 Å². The molecule has 3 aliphatic heterocycles. The fourth-order valence-electron chi connectivity index (χ4n) is 2.46. The van der Waals surface area contributed by atoms with Gasteiger partial charge in [0.05, 0.1) is 25.4 Å². The monoisotopic (exact) mass is 234 g/mol. The highest BCUT2D eigenvalue weighted by Crippen LogP contribution is 2.25. The summed E-state index contributed by atoms with van der Waals surface area (Å²) in [5.74, 6) is 0. The first kappa shape index (κ1) is 11.2. The number of hydrogen-bond acceptors (Lipinski definition) is 3. The van der Waals surface area contributed by atoms with Crippen molar-refractivity contribution in [3.8, 4) is 0 Å². The molecule has 3 rings (SSSR count). The normalized spacial score (nSPS) is 40.9. The molecule has 3 heterocycles. The largest absolute Gasteiger partial charge is 0.371 e. The molecule has 0 aliphatic carbocycles. The number of rotatable bonds is 2. The Labute approximate surface area is 102 Å². The third-order valence-corrected chi connectivity index (χ3v) is 3.42. The van der Waals surface area contributed by atoms with E-state index < -0.39 is 0 Å². The average Bonchev–Trinajstić information content (AvgIpc) is 2.90. The van der Waals surface area contributed by atoms with Crippen molar-refractivity contribution in [2.75, 3.05) is 13.2 Å². The second kappa shape index (κ2) is 5.17. The summed E-state index contributed by atoms with van der Waals surface area (Å²) in [7, 11) is 0. The van der Waals surface area contributed by atoms with E-state index in [1.54, 1.807) is 0 Å². The van der Waals surface area contributed by atoms with Crippen LogP contribution in [-0.2, 0) is 14.2 Å². The lowest BCUT2D eigenvalue weighted by molar-refractivity contribution is -0.0958. The first-order chi connectivity index (χ1) is 8.43. The lowest BCUT2D eigenvalue weighted by Crippen LogP contribution is -2.35. The summed E-state index contributed by atoms with van der Waals surface area (Å²) in [6.45, 7) is 1.40. The van der Waals surface area contributed by atoms with Gasteiger partial charge in [-0.05, 0) is 12.8 Å². The van der Waals surface area contributed by atoms with Crippen molar-refractivity contribution in [3.05, 3.63) is 36.5 Å². The minimum absolute atomic E-state index is 0.0828. The molecule has 0 radical (unpaired) electrons. The molecule has 3 heteroatoms. The molecule has 4 atom stereocenters. The predicted octanol–water partition coefficient (Wildman–Crippen LogP) is 2.00. The molecule has 0 N–H and O–H groups in total. The van der Waals surface area contributed by atoms with Crippen molar-refractivity contribution in [2.24, 2.45) is 0 Å². The lowest BCUT2D eigenvalue weighted by atomic mass is 10.1. The van der Waals surface area contributed by atoms with E-state index in [9.17, 15) is 0 Å². The van der Waals surface area contributed by atoms with Crippen LogP contribution < -0.4 is 0 Å². The van der Waals surface area contributed by atoms with Gasteiger partial charge in [0.1, 0.15) is 12.2 Å². The van der Waals surface area contributed by atoms with Gasteiger partial charge in [-0.25, -0.2) is 0 Å². The molecule has 17 heavy (non-hydrogen) atoms. The fourth-order valence-corrected chi connectivity index (χ4v) is 2.46. The van der Waals surface area contributed by atoms with Crippen LogP contribution in [0.1, 0.15) is 12.8 Å². The summed E-state index contributed by atoms with van der Waals surface area (Å²) in [5.41, 5.74) is 0. The molecule has 92 valence electrons. The van der Waals surface area contributed by atoms with Crippen molar-refractivity contribution < 1.29 is 14.2 Å². The van der Waals surface area contributed by atoms with E-state index in [-0.39, 0.29) is 24.4 Å². The Bertz CT molecular complexity index is 313. The Balaban J connectivity index is 1.56. The molecule has 0 aromatic rings. The van der Waals surface area contributed by atoms with Gasteiger partial charge in [0.25, 0.3) is 0 Å². The maximum atomic E-state index is 6.01. The first-order valence-electron chi connectivity index (χ1n) is 6.30. The van der Waals surface area contributed by atoms with Crippen LogP contribution in [0.25, 0.3) is 0 Å². The molecule has 0 fully saturated rings. The number of hydrogen-bond donors (Lipinski definition) is 0. The molecule has 0 amide bonds. The maximum Gasteiger partial charge on any atom is 0.103 e. The van der Waals surface area contributed by atoms with Crippen LogP contribution in [-0.4, -0.2) is 37.6 Å². The lowest BCUT2D eigenvalue weighted by Gasteiger charge is -2.28. The summed E-state index contributed by atoms with van der Waals surface area (Å²) >= 11 is 0. The molecule has 0 saturated carbocycles. The van der Waals surface area contributed by atoms with Crippen molar-refractivity contribution in [3.63, 3.8) is 0 Å². The Hall–Kier alpha value is -0.900. The van der Waals surface area contributed by atoms with Gasteiger partial charge in [-0.1, -0.05) is 36.5 Å². The topological polar surface area (TPSA) is 27.7 Å². The van der Waals surface area contributed by atoms with Crippen LogP contribution in [0.5, 0.6) is 0 Å². The van der Waals surface area contributed by atoms with E-state index in [2.05, 4.69) is 36.5 Å². The summed E-state index contributed by atoms with van der Waals surface area (Å²) in [5, 5.41) is 0. The molecule has 1 unspecified atom stereocenters. The first-order valence-corrected chi connectivity index (χ1v) is 6.30. The Kier molecular flexibility index (Phi) is 3.41. The zero-order chi connectivity index (χ0) is 11.5. The van der Waals surface area contributed by atoms with Crippen LogP contribution in [0.4, 0.5) is 0 Å². The predicted molar refractivity (Wildman–Crippen MR) is 64.8 cm³/mol. The third-order valence-electron chi connectivity index (χ3n) is 3.42. The maximum absolute atomic E-state index is 6.01. The standard InChI is InChI=1S/C14H18O3/c1-3-9-15-11(5-1)13-7-8-14(17-13)12-6-2-4-10-16-12/h1-4,7-8,11-14H,5-6,9-10H2/t11-,12-,13+,14?/m0/s1. The molecule has 3 nitrogen and oxygen atoms in total. The molecule has 3 aliphatic rings. The molecule has 0 aromatic carbocycles. The van der Waals surface area contributed by atoms with Crippen molar-refractivity contribution in [2.45, 2.75) is 37.3 Å². The Morgan fingerprint density at radius 3 is 1.65 bits per heavy atom. The van der Waals surface area contributed by atoms with Gasteiger partial charge < -0.3 is 14.2 Å². The molecular formula is C14H18O3. The number of ether oxygens (including phenoxy) is 3. The molecule has 0 aromatic heterocycles. The highest BCUT2D eigenvalue weighted by molar-refractivity contribution is 5.10. The quantitative estimate of drug-likeness (QED) is 0.684. The molecule has 0 spiro atoms. The summed E-state index contributed by atoms with van der Waals surface area (Å²) in [4.78, 5) is 0. The zero-order valence-corrected chi connectivity index (χ0v) is 9.83. The second-order valence-electron chi connectivity index (χ2n) is 4.61. The van der Waals surface area contributed by atoms with E-state index in [1.807, 2.05) is 0 Å². The van der Waals surface area contributed by atoms with Gasteiger partial charge in [-0.3, -0.25) is 0 Å². The van der Waals surface area contributed by atoms with Crippen molar-refractivity contribution in [1.82, 2.24) is 0 Å². The van der Waals surface area contributed by atoms with Gasteiger partial charge in [0.15, 0.2) is 0 Å². The van der Waals surface area contributed by atoms with E-state index >= 15 is 0 Å². The zero-order valence-electron chi connectivity index (χ0n) is 9.83. The molecule has 0 bridgehead atoms. The smallest absolute Gasteiger partial charge is 0.103 e. The van der Waals surface area contributed by atoms with Crippen LogP contribution in [0.2, 0.25) is 0 Å². The molecular weight excluding hydrogens is 216 g/mol. The minimum atomic E-state index is 0.0828. The third kappa shape index (κ3) is 2.51. The van der Waals surface area contributed by atoms with E-state index in [1.165, 1.54) is 0 Å². The van der Waals surface area contributed by atoms with Crippen LogP contribution in [0.3, 0.4) is 0 Å². The van der Waals surface area contributed by atoms with Gasteiger partial charge in [0, 0.05) is 0 Å².